The van der Waals surface area contributed by atoms with Crippen LogP contribution in [0.2, 0.25) is 0 Å². The third kappa shape index (κ3) is 2.49. The van der Waals surface area contributed by atoms with Crippen LogP contribution in [-0.4, -0.2) is 36.3 Å². The first-order valence-electron chi connectivity index (χ1n) is 7.04. The summed E-state index contributed by atoms with van der Waals surface area (Å²) < 4.78 is 3.03. The van der Waals surface area contributed by atoms with Gasteiger partial charge in [0.05, 0.1) is 21.5 Å². The molecule has 0 amide bonds. The van der Waals surface area contributed by atoms with E-state index < -0.39 is 0 Å². The lowest BCUT2D eigenvalue weighted by Gasteiger charge is -2.03. The lowest BCUT2D eigenvalue weighted by atomic mass is 10.1. The number of phenolic OH excluding ortho intramolecular Hbond substituents is 2. The van der Waals surface area contributed by atoms with Gasteiger partial charge in [-0.05, 0) is 24.3 Å². The van der Waals surface area contributed by atoms with Crippen LogP contribution in [0, 0.1) is 0 Å². The summed E-state index contributed by atoms with van der Waals surface area (Å²) in [7, 11) is 0. The van der Waals surface area contributed by atoms with Crippen LogP contribution in [0.15, 0.2) is 47.6 Å². The quantitative estimate of drug-likeness (QED) is 0.430. The topological polar surface area (TPSA) is 87.7 Å². The Hall–Kier alpha value is -2.58. The van der Waals surface area contributed by atoms with Crippen molar-refractivity contribution in [1.29, 1.82) is 0 Å². The zero-order valence-corrected chi connectivity index (χ0v) is 13.8. The molecule has 0 radical (unpaired) electrons. The standard InChI is InChI=1S/C16H11N3O3S2/c20-9-5-6-10(12(21)7-9)13(22)8-23-15-17-18-16-19(15)11-3-1-2-4-14(11)24-16/h1-7,20-21H,8H2. The van der Waals surface area contributed by atoms with E-state index in [2.05, 4.69) is 10.2 Å². The highest BCUT2D eigenvalue weighted by Gasteiger charge is 2.16. The van der Waals surface area contributed by atoms with E-state index >= 15 is 0 Å². The number of aromatic nitrogens is 3. The summed E-state index contributed by atoms with van der Waals surface area (Å²) in [6.45, 7) is 0. The molecule has 2 aromatic heterocycles. The summed E-state index contributed by atoms with van der Waals surface area (Å²) in [6, 6.07) is 11.9. The van der Waals surface area contributed by atoms with Gasteiger partial charge in [-0.15, -0.1) is 10.2 Å². The first-order chi connectivity index (χ1) is 11.6. The molecule has 2 heterocycles. The number of carbonyl (C=O) groups is 1. The number of nitrogens with zero attached hydrogens (tertiary/aromatic N) is 3. The van der Waals surface area contributed by atoms with Gasteiger partial charge in [-0.2, -0.15) is 0 Å². The average molecular weight is 357 g/mol. The molecule has 0 saturated carbocycles. The van der Waals surface area contributed by atoms with Gasteiger partial charge in [0.25, 0.3) is 0 Å². The number of aromatic hydroxyl groups is 2. The van der Waals surface area contributed by atoms with Crippen LogP contribution in [0.5, 0.6) is 11.5 Å². The van der Waals surface area contributed by atoms with E-state index in [4.69, 9.17) is 0 Å². The van der Waals surface area contributed by atoms with Crippen molar-refractivity contribution < 1.29 is 15.0 Å². The number of phenols is 2. The van der Waals surface area contributed by atoms with Gasteiger partial charge in [0.2, 0.25) is 4.96 Å². The Morgan fingerprint density at radius 1 is 1.17 bits per heavy atom. The summed E-state index contributed by atoms with van der Waals surface area (Å²) in [4.78, 5) is 13.1. The van der Waals surface area contributed by atoms with E-state index in [0.29, 0.717) is 5.16 Å². The van der Waals surface area contributed by atoms with Crippen LogP contribution in [0.3, 0.4) is 0 Å². The number of thiazole rings is 1. The Labute approximate surface area is 144 Å². The van der Waals surface area contributed by atoms with E-state index in [1.807, 2.05) is 28.7 Å². The normalized spacial score (nSPS) is 11.3. The summed E-state index contributed by atoms with van der Waals surface area (Å²) in [5.41, 5.74) is 1.18. The molecule has 0 fully saturated rings. The third-order valence-corrected chi connectivity index (χ3v) is 5.47. The van der Waals surface area contributed by atoms with Crippen molar-refractivity contribution in [3.63, 3.8) is 0 Å². The Morgan fingerprint density at radius 2 is 2.00 bits per heavy atom. The second-order valence-corrected chi connectivity index (χ2v) is 7.04. The number of fused-ring (bicyclic) bond motifs is 3. The molecule has 8 heteroatoms. The summed E-state index contributed by atoms with van der Waals surface area (Å²) >= 11 is 2.81. The molecule has 0 aliphatic rings. The maximum absolute atomic E-state index is 12.3. The number of ketones is 1. The first-order valence-corrected chi connectivity index (χ1v) is 8.84. The van der Waals surface area contributed by atoms with Crippen molar-refractivity contribution >= 4 is 44.1 Å². The molecule has 4 rings (SSSR count). The number of para-hydroxylation sites is 1. The highest BCUT2D eigenvalue weighted by molar-refractivity contribution is 7.99. The fourth-order valence-corrected chi connectivity index (χ4v) is 4.26. The van der Waals surface area contributed by atoms with Gasteiger partial charge in [-0.25, -0.2) is 0 Å². The maximum Gasteiger partial charge on any atom is 0.217 e. The Bertz CT molecular complexity index is 1070. The fourth-order valence-electron chi connectivity index (χ4n) is 2.41. The second kappa shape index (κ2) is 5.81. The molecule has 0 bridgehead atoms. The maximum atomic E-state index is 12.3. The third-order valence-electron chi connectivity index (χ3n) is 3.53. The second-order valence-electron chi connectivity index (χ2n) is 5.08. The average Bonchev–Trinajstić information content (AvgIpc) is 3.11. The number of rotatable bonds is 4. The van der Waals surface area contributed by atoms with E-state index in [1.54, 1.807) is 11.3 Å². The van der Waals surface area contributed by atoms with Gasteiger partial charge >= 0.3 is 0 Å². The largest absolute Gasteiger partial charge is 0.508 e. The minimum absolute atomic E-state index is 0.0828. The van der Waals surface area contributed by atoms with Crippen molar-refractivity contribution in [2.45, 2.75) is 5.16 Å². The fraction of sp³-hybridized carbons (Fsp3) is 0.0625. The van der Waals surface area contributed by atoms with Crippen molar-refractivity contribution in [2.75, 3.05) is 5.75 Å². The molecule has 0 aliphatic heterocycles. The molecule has 0 aliphatic carbocycles. The zero-order chi connectivity index (χ0) is 16.7. The number of hydrogen-bond acceptors (Lipinski definition) is 7. The van der Waals surface area contributed by atoms with Gasteiger partial charge < -0.3 is 10.2 Å². The van der Waals surface area contributed by atoms with E-state index in [-0.39, 0.29) is 28.6 Å². The van der Waals surface area contributed by atoms with Crippen molar-refractivity contribution in [2.24, 2.45) is 0 Å². The lowest BCUT2D eigenvalue weighted by Crippen LogP contribution is -2.03. The molecular weight excluding hydrogens is 346 g/mol. The lowest BCUT2D eigenvalue weighted by molar-refractivity contribution is 0.102. The van der Waals surface area contributed by atoms with Crippen LogP contribution in [0.4, 0.5) is 0 Å². The Morgan fingerprint density at radius 3 is 2.83 bits per heavy atom. The SMILES string of the molecule is O=C(CSc1nnc2sc3ccccc3n12)c1ccc(O)cc1O. The van der Waals surface area contributed by atoms with Crippen LogP contribution in [0.1, 0.15) is 10.4 Å². The number of carbonyl (C=O) groups excluding carboxylic acids is 1. The van der Waals surface area contributed by atoms with E-state index in [0.717, 1.165) is 21.2 Å². The summed E-state index contributed by atoms with van der Waals surface area (Å²) in [6.07, 6.45) is 0. The van der Waals surface area contributed by atoms with Gasteiger partial charge in [0.15, 0.2) is 10.9 Å². The molecule has 2 N–H and O–H groups in total. The minimum Gasteiger partial charge on any atom is -0.508 e. The molecule has 4 aromatic rings. The highest BCUT2D eigenvalue weighted by Crippen LogP contribution is 2.30. The molecule has 120 valence electrons. The molecular formula is C16H11N3O3S2. The molecule has 0 atom stereocenters. The van der Waals surface area contributed by atoms with Gasteiger partial charge in [-0.3, -0.25) is 9.20 Å². The molecule has 0 saturated heterocycles. The predicted molar refractivity (Wildman–Crippen MR) is 93.2 cm³/mol. The highest BCUT2D eigenvalue weighted by atomic mass is 32.2. The number of hydrogen-bond donors (Lipinski definition) is 2. The van der Waals surface area contributed by atoms with Gasteiger partial charge in [0, 0.05) is 6.07 Å². The monoisotopic (exact) mass is 357 g/mol. The molecule has 24 heavy (non-hydrogen) atoms. The molecule has 2 aromatic carbocycles. The van der Waals surface area contributed by atoms with Crippen molar-refractivity contribution in [3.8, 4) is 11.5 Å². The number of Topliss-reactive ketones (excluding diaryl/α,β-unsaturated/α-hetero) is 1. The van der Waals surface area contributed by atoms with Gasteiger partial charge in [-0.1, -0.05) is 35.2 Å². The van der Waals surface area contributed by atoms with E-state index in [1.165, 1.54) is 23.9 Å². The first kappa shape index (κ1) is 15.0. The molecule has 0 unspecified atom stereocenters. The zero-order valence-electron chi connectivity index (χ0n) is 12.2. The van der Waals surface area contributed by atoms with Gasteiger partial charge in [0.1, 0.15) is 11.5 Å². The van der Waals surface area contributed by atoms with Crippen LogP contribution >= 0.6 is 23.1 Å². The molecule has 0 spiro atoms. The minimum atomic E-state index is -0.242. The number of thioether (sulfide) groups is 1. The predicted octanol–water partition coefficient (Wildman–Crippen LogP) is 3.33. The molecule has 6 nitrogen and oxygen atoms in total. The smallest absolute Gasteiger partial charge is 0.217 e. The Kier molecular flexibility index (Phi) is 3.62. The Balaban J connectivity index is 1.62. The summed E-state index contributed by atoms with van der Waals surface area (Å²) in [5.74, 6) is -0.439. The van der Waals surface area contributed by atoms with Crippen molar-refractivity contribution in [1.82, 2.24) is 14.6 Å². The number of benzene rings is 2. The van der Waals surface area contributed by atoms with Crippen LogP contribution in [-0.2, 0) is 0 Å². The van der Waals surface area contributed by atoms with Crippen LogP contribution in [0.25, 0.3) is 15.2 Å². The van der Waals surface area contributed by atoms with Crippen LogP contribution < -0.4 is 0 Å². The van der Waals surface area contributed by atoms with Crippen molar-refractivity contribution in [3.05, 3.63) is 48.0 Å². The van der Waals surface area contributed by atoms with E-state index in [9.17, 15) is 15.0 Å². The summed E-state index contributed by atoms with van der Waals surface area (Å²) in [5, 5.41) is 28.0.